The van der Waals surface area contributed by atoms with E-state index in [4.69, 9.17) is 10.4 Å². The van der Waals surface area contributed by atoms with Crippen molar-refractivity contribution >= 4 is 17.7 Å². The predicted octanol–water partition coefficient (Wildman–Crippen LogP) is 1.93. The van der Waals surface area contributed by atoms with E-state index >= 15 is 0 Å². The van der Waals surface area contributed by atoms with E-state index < -0.39 is 23.2 Å². The SMILES string of the molecule is CC(C)(CNC(=O)Nc1ccc(F)cc1C#N)C(=O)O. The van der Waals surface area contributed by atoms with Gasteiger partial charge in [0.15, 0.2) is 0 Å². The van der Waals surface area contributed by atoms with Crippen LogP contribution in [0, 0.1) is 22.6 Å². The van der Waals surface area contributed by atoms with Crippen molar-refractivity contribution in [1.82, 2.24) is 5.32 Å². The lowest BCUT2D eigenvalue weighted by atomic mass is 9.94. The van der Waals surface area contributed by atoms with Gasteiger partial charge in [-0.15, -0.1) is 0 Å². The van der Waals surface area contributed by atoms with Crippen LogP contribution in [0.3, 0.4) is 0 Å². The summed E-state index contributed by atoms with van der Waals surface area (Å²) in [6.45, 7) is 2.85. The first-order valence-electron chi connectivity index (χ1n) is 5.74. The number of hydrogen-bond acceptors (Lipinski definition) is 3. The average Bonchev–Trinajstić information content (AvgIpc) is 2.38. The number of carbonyl (C=O) groups excluding carboxylic acids is 1. The minimum Gasteiger partial charge on any atom is -0.481 e. The van der Waals surface area contributed by atoms with Crippen LogP contribution < -0.4 is 10.6 Å². The highest BCUT2D eigenvalue weighted by molar-refractivity contribution is 5.91. The van der Waals surface area contributed by atoms with Crippen molar-refractivity contribution in [2.24, 2.45) is 5.41 Å². The van der Waals surface area contributed by atoms with E-state index in [0.29, 0.717) is 0 Å². The van der Waals surface area contributed by atoms with Crippen molar-refractivity contribution in [1.29, 1.82) is 5.26 Å². The maximum Gasteiger partial charge on any atom is 0.319 e. The number of rotatable bonds is 4. The van der Waals surface area contributed by atoms with Crippen LogP contribution >= 0.6 is 0 Å². The summed E-state index contributed by atoms with van der Waals surface area (Å²) in [7, 11) is 0. The summed E-state index contributed by atoms with van der Waals surface area (Å²) in [4.78, 5) is 22.5. The number of hydrogen-bond donors (Lipinski definition) is 3. The largest absolute Gasteiger partial charge is 0.481 e. The molecular formula is C13H14FN3O3. The van der Waals surface area contributed by atoms with Crippen LogP contribution in [-0.4, -0.2) is 23.7 Å². The Hall–Kier alpha value is -2.62. The third-order valence-corrected chi connectivity index (χ3v) is 2.62. The molecule has 0 aliphatic rings. The fourth-order valence-corrected chi connectivity index (χ4v) is 1.26. The lowest BCUT2D eigenvalue weighted by Crippen LogP contribution is -2.40. The van der Waals surface area contributed by atoms with Gasteiger partial charge in [0.2, 0.25) is 0 Å². The van der Waals surface area contributed by atoms with Gasteiger partial charge in [0.25, 0.3) is 0 Å². The molecule has 0 heterocycles. The Morgan fingerprint density at radius 3 is 2.65 bits per heavy atom. The minimum atomic E-state index is -1.11. The van der Waals surface area contributed by atoms with E-state index in [1.165, 1.54) is 19.9 Å². The van der Waals surface area contributed by atoms with Gasteiger partial charge in [-0.05, 0) is 32.0 Å². The zero-order valence-electron chi connectivity index (χ0n) is 11.0. The fourth-order valence-electron chi connectivity index (χ4n) is 1.26. The number of carboxylic acids is 1. The molecule has 0 saturated carbocycles. The maximum absolute atomic E-state index is 12.9. The molecule has 0 spiro atoms. The van der Waals surface area contributed by atoms with Crippen molar-refractivity contribution in [2.75, 3.05) is 11.9 Å². The number of aliphatic carboxylic acids is 1. The number of nitriles is 1. The van der Waals surface area contributed by atoms with Gasteiger partial charge in [-0.3, -0.25) is 4.79 Å². The second-order valence-electron chi connectivity index (χ2n) is 4.80. The summed E-state index contributed by atoms with van der Waals surface area (Å²) in [6.07, 6.45) is 0. The van der Waals surface area contributed by atoms with Crippen molar-refractivity contribution in [2.45, 2.75) is 13.8 Å². The molecule has 1 aromatic rings. The average molecular weight is 279 g/mol. The molecule has 1 rings (SSSR count). The van der Waals surface area contributed by atoms with Gasteiger partial charge in [-0.2, -0.15) is 5.26 Å². The molecule has 0 fully saturated rings. The molecule has 20 heavy (non-hydrogen) atoms. The van der Waals surface area contributed by atoms with Gasteiger partial charge in [-0.1, -0.05) is 0 Å². The van der Waals surface area contributed by atoms with Gasteiger partial charge in [0.1, 0.15) is 11.9 Å². The van der Waals surface area contributed by atoms with Gasteiger partial charge in [-0.25, -0.2) is 9.18 Å². The molecule has 0 aliphatic carbocycles. The molecule has 0 aromatic heterocycles. The number of carboxylic acid groups (broad SMARTS) is 1. The van der Waals surface area contributed by atoms with Crippen molar-refractivity contribution in [3.8, 4) is 6.07 Å². The van der Waals surface area contributed by atoms with Gasteiger partial charge in [0.05, 0.1) is 16.7 Å². The highest BCUT2D eigenvalue weighted by Gasteiger charge is 2.27. The van der Waals surface area contributed by atoms with Crippen molar-refractivity contribution < 1.29 is 19.1 Å². The van der Waals surface area contributed by atoms with E-state index in [1.54, 1.807) is 6.07 Å². The maximum atomic E-state index is 12.9. The number of benzene rings is 1. The summed E-state index contributed by atoms with van der Waals surface area (Å²) in [5.74, 6) is -1.63. The monoisotopic (exact) mass is 279 g/mol. The molecule has 0 unspecified atom stereocenters. The van der Waals surface area contributed by atoms with Crippen LogP contribution in [0.15, 0.2) is 18.2 Å². The number of urea groups is 1. The predicted molar refractivity (Wildman–Crippen MR) is 69.6 cm³/mol. The van der Waals surface area contributed by atoms with Crippen LogP contribution in [0.1, 0.15) is 19.4 Å². The molecule has 0 atom stereocenters. The van der Waals surface area contributed by atoms with E-state index in [2.05, 4.69) is 10.6 Å². The zero-order chi connectivity index (χ0) is 15.3. The molecule has 1 aromatic carbocycles. The Bertz CT molecular complexity index is 579. The van der Waals surface area contributed by atoms with Crippen molar-refractivity contribution in [3.05, 3.63) is 29.6 Å². The second kappa shape index (κ2) is 6.02. The quantitative estimate of drug-likeness (QED) is 0.783. The lowest BCUT2D eigenvalue weighted by molar-refractivity contribution is -0.146. The zero-order valence-corrected chi connectivity index (χ0v) is 11.0. The Balaban J connectivity index is 2.69. The molecule has 0 radical (unpaired) electrons. The van der Waals surface area contributed by atoms with Crippen LogP contribution in [0.25, 0.3) is 0 Å². The van der Waals surface area contributed by atoms with E-state index in [-0.39, 0.29) is 17.8 Å². The Morgan fingerprint density at radius 1 is 1.45 bits per heavy atom. The summed E-state index contributed by atoms with van der Waals surface area (Å²) in [5.41, 5.74) is -0.977. The number of amides is 2. The highest BCUT2D eigenvalue weighted by atomic mass is 19.1. The Kier molecular flexibility index (Phi) is 4.64. The second-order valence-corrected chi connectivity index (χ2v) is 4.80. The standard InChI is InChI=1S/C13H14FN3O3/c1-13(2,11(18)19)7-16-12(20)17-10-4-3-9(14)5-8(10)6-15/h3-5H,7H2,1-2H3,(H,18,19)(H2,16,17,20). The Labute approximate surface area is 115 Å². The van der Waals surface area contributed by atoms with Crippen LogP contribution in [0.2, 0.25) is 0 Å². The smallest absolute Gasteiger partial charge is 0.319 e. The molecule has 0 bridgehead atoms. The number of nitrogens with one attached hydrogen (secondary N) is 2. The first-order valence-corrected chi connectivity index (χ1v) is 5.74. The number of halogens is 1. The first-order chi connectivity index (χ1) is 9.26. The molecular weight excluding hydrogens is 265 g/mol. The molecule has 2 amide bonds. The van der Waals surface area contributed by atoms with E-state index in [1.807, 2.05) is 0 Å². The summed E-state index contributed by atoms with van der Waals surface area (Å²) in [5, 5.41) is 22.5. The molecule has 0 aliphatic heterocycles. The fraction of sp³-hybridized carbons (Fsp3) is 0.308. The molecule has 3 N–H and O–H groups in total. The molecule has 7 heteroatoms. The number of anilines is 1. The third kappa shape index (κ3) is 3.95. The van der Waals surface area contributed by atoms with Crippen molar-refractivity contribution in [3.63, 3.8) is 0 Å². The number of carbonyl (C=O) groups is 2. The normalized spacial score (nSPS) is 10.5. The number of nitrogens with zero attached hydrogens (tertiary/aromatic N) is 1. The summed E-state index contributed by atoms with van der Waals surface area (Å²) >= 11 is 0. The molecule has 6 nitrogen and oxygen atoms in total. The lowest BCUT2D eigenvalue weighted by Gasteiger charge is -2.19. The van der Waals surface area contributed by atoms with Crippen LogP contribution in [0.4, 0.5) is 14.9 Å². The topological polar surface area (TPSA) is 102 Å². The molecule has 0 saturated heterocycles. The van der Waals surface area contributed by atoms with Gasteiger partial charge >= 0.3 is 12.0 Å². The van der Waals surface area contributed by atoms with E-state index in [9.17, 15) is 14.0 Å². The molecule has 106 valence electrons. The summed E-state index contributed by atoms with van der Waals surface area (Å²) < 4.78 is 12.9. The van der Waals surface area contributed by atoms with Gasteiger partial charge < -0.3 is 15.7 Å². The Morgan fingerprint density at radius 2 is 2.10 bits per heavy atom. The summed E-state index contributed by atoms with van der Waals surface area (Å²) in [6, 6.07) is 4.46. The van der Waals surface area contributed by atoms with Gasteiger partial charge in [0, 0.05) is 6.54 Å². The minimum absolute atomic E-state index is 0.0161. The first kappa shape index (κ1) is 15.4. The third-order valence-electron chi connectivity index (χ3n) is 2.62. The van der Waals surface area contributed by atoms with Crippen LogP contribution in [0.5, 0.6) is 0 Å². The van der Waals surface area contributed by atoms with E-state index in [0.717, 1.165) is 12.1 Å². The highest BCUT2D eigenvalue weighted by Crippen LogP contribution is 2.16. The van der Waals surface area contributed by atoms with Crippen LogP contribution in [-0.2, 0) is 4.79 Å².